The van der Waals surface area contributed by atoms with Crippen LogP contribution in [0.5, 0.6) is 5.75 Å². The second-order valence-corrected chi connectivity index (χ2v) is 10.6. The molecule has 5 rings (SSSR count). The van der Waals surface area contributed by atoms with Gasteiger partial charge in [0.15, 0.2) is 0 Å². The average Bonchev–Trinajstić information content (AvgIpc) is 2.85. The molecule has 1 aliphatic rings. The number of benzene rings is 2. The van der Waals surface area contributed by atoms with Crippen molar-refractivity contribution in [2.75, 3.05) is 25.1 Å². The Hall–Kier alpha value is -3.69. The summed E-state index contributed by atoms with van der Waals surface area (Å²) in [5, 5.41) is 0.853. The number of nitrogens with one attached hydrogen (secondary N) is 1. The smallest absolute Gasteiger partial charge is 0.252 e. The van der Waals surface area contributed by atoms with E-state index in [2.05, 4.69) is 9.97 Å². The highest BCUT2D eigenvalue weighted by atomic mass is 32.2. The summed E-state index contributed by atoms with van der Waals surface area (Å²) in [6, 6.07) is 16.0. The number of nitrogens with zero attached hydrogens (tertiary/aromatic N) is 3. The van der Waals surface area contributed by atoms with Gasteiger partial charge >= 0.3 is 0 Å². The van der Waals surface area contributed by atoms with Crippen molar-refractivity contribution >= 4 is 26.6 Å². The third-order valence-corrected chi connectivity index (χ3v) is 8.07. The number of H-pyrrole nitrogens is 1. The summed E-state index contributed by atoms with van der Waals surface area (Å²) in [5.41, 5.74) is 3.38. The molecule has 4 aromatic rings. The third kappa shape index (κ3) is 4.52. The average molecular weight is 491 g/mol. The van der Waals surface area contributed by atoms with Gasteiger partial charge in [0.2, 0.25) is 10.0 Å². The first-order valence-corrected chi connectivity index (χ1v) is 12.8. The molecule has 9 heteroatoms. The number of fused-ring (bicyclic) bond motifs is 2. The number of hydrogen-bond donors (Lipinski definition) is 1. The summed E-state index contributed by atoms with van der Waals surface area (Å²) in [5.74, 6) is 0.530. The fourth-order valence-electron chi connectivity index (χ4n) is 4.30. The van der Waals surface area contributed by atoms with Crippen molar-refractivity contribution in [2.45, 2.75) is 24.9 Å². The molecule has 0 amide bonds. The molecule has 2 aromatic carbocycles. The fraction of sp³-hybridized carbons (Fsp3) is 0.231. The van der Waals surface area contributed by atoms with Crippen LogP contribution in [0.3, 0.4) is 0 Å². The van der Waals surface area contributed by atoms with Gasteiger partial charge in [0, 0.05) is 44.2 Å². The number of pyridine rings is 2. The number of sulfonamides is 1. The molecule has 0 radical (unpaired) electrons. The zero-order valence-electron chi connectivity index (χ0n) is 19.6. The van der Waals surface area contributed by atoms with Gasteiger partial charge in [-0.1, -0.05) is 18.2 Å². The number of ether oxygens (including phenoxy) is 1. The van der Waals surface area contributed by atoms with E-state index in [4.69, 9.17) is 4.74 Å². The normalized spacial score (nSPS) is 13.6. The second kappa shape index (κ2) is 9.16. The maximum Gasteiger partial charge on any atom is 0.252 e. The van der Waals surface area contributed by atoms with Crippen LogP contribution >= 0.6 is 0 Å². The van der Waals surface area contributed by atoms with Crippen LogP contribution in [0.25, 0.3) is 10.9 Å². The monoisotopic (exact) mass is 490 g/mol. The largest absolute Gasteiger partial charge is 0.490 e. The van der Waals surface area contributed by atoms with E-state index < -0.39 is 10.0 Å². The number of anilines is 1. The van der Waals surface area contributed by atoms with Crippen molar-refractivity contribution in [3.05, 3.63) is 94.0 Å². The lowest BCUT2D eigenvalue weighted by Crippen LogP contribution is -2.33. The Kier molecular flexibility index (Phi) is 6.04. The van der Waals surface area contributed by atoms with E-state index >= 15 is 0 Å². The first-order chi connectivity index (χ1) is 16.8. The lowest BCUT2D eigenvalue weighted by atomic mass is 10.1. The van der Waals surface area contributed by atoms with Gasteiger partial charge in [-0.25, -0.2) is 8.42 Å². The van der Waals surface area contributed by atoms with E-state index in [-0.39, 0.29) is 23.5 Å². The number of aryl methyl sites for hydroxylation is 1. The van der Waals surface area contributed by atoms with Crippen molar-refractivity contribution in [1.29, 1.82) is 0 Å². The minimum atomic E-state index is -3.96. The van der Waals surface area contributed by atoms with Crippen molar-refractivity contribution in [2.24, 2.45) is 0 Å². The first-order valence-electron chi connectivity index (χ1n) is 11.3. The maximum atomic E-state index is 13.9. The quantitative estimate of drug-likeness (QED) is 0.445. The molecule has 3 heterocycles. The number of para-hydroxylation sites is 1. The summed E-state index contributed by atoms with van der Waals surface area (Å²) in [6.07, 6.45) is 3.24. The summed E-state index contributed by atoms with van der Waals surface area (Å²) >= 11 is 0. The highest BCUT2D eigenvalue weighted by molar-refractivity contribution is 7.89. The van der Waals surface area contributed by atoms with Crippen molar-refractivity contribution in [3.8, 4) is 5.75 Å². The van der Waals surface area contributed by atoms with Crippen molar-refractivity contribution < 1.29 is 13.2 Å². The van der Waals surface area contributed by atoms with Gasteiger partial charge in [-0.2, -0.15) is 4.31 Å². The molecule has 0 spiro atoms. The zero-order chi connectivity index (χ0) is 24.6. The van der Waals surface area contributed by atoms with E-state index in [0.717, 1.165) is 34.3 Å². The minimum Gasteiger partial charge on any atom is -0.490 e. The summed E-state index contributed by atoms with van der Waals surface area (Å²) in [6.45, 7) is 3.15. The van der Waals surface area contributed by atoms with E-state index in [1.165, 1.54) is 4.31 Å². The molecule has 2 aromatic heterocycles. The first kappa shape index (κ1) is 23.1. The predicted molar refractivity (Wildman–Crippen MR) is 135 cm³/mol. The van der Waals surface area contributed by atoms with Crippen LogP contribution in [0.1, 0.15) is 16.7 Å². The lowest BCUT2D eigenvalue weighted by Gasteiger charge is -2.28. The lowest BCUT2D eigenvalue weighted by molar-refractivity contribution is 0.310. The molecule has 0 unspecified atom stereocenters. The van der Waals surface area contributed by atoms with E-state index in [9.17, 15) is 13.2 Å². The van der Waals surface area contributed by atoms with Crippen LogP contribution in [0.2, 0.25) is 0 Å². The number of aromatic amines is 1. The topological polar surface area (TPSA) is 95.6 Å². The van der Waals surface area contributed by atoms with E-state index in [0.29, 0.717) is 17.9 Å². The van der Waals surface area contributed by atoms with Crippen LogP contribution in [-0.2, 0) is 23.1 Å². The van der Waals surface area contributed by atoms with Gasteiger partial charge in [0.25, 0.3) is 5.56 Å². The Morgan fingerprint density at radius 3 is 2.69 bits per heavy atom. The van der Waals surface area contributed by atoms with Crippen LogP contribution in [0.4, 0.5) is 5.69 Å². The molecular weight excluding hydrogens is 464 g/mol. The van der Waals surface area contributed by atoms with Gasteiger partial charge in [0.05, 0.1) is 22.6 Å². The predicted octanol–water partition coefficient (Wildman–Crippen LogP) is 3.45. The van der Waals surface area contributed by atoms with Crippen molar-refractivity contribution in [3.63, 3.8) is 0 Å². The Morgan fingerprint density at radius 1 is 1.09 bits per heavy atom. The molecular formula is C26H26N4O4S. The Bertz CT molecular complexity index is 1550. The zero-order valence-corrected chi connectivity index (χ0v) is 20.4. The molecule has 0 fully saturated rings. The van der Waals surface area contributed by atoms with Crippen LogP contribution in [0.15, 0.2) is 76.7 Å². The maximum absolute atomic E-state index is 13.9. The van der Waals surface area contributed by atoms with Crippen LogP contribution in [-0.4, -0.2) is 42.9 Å². The molecule has 0 saturated heterocycles. The van der Waals surface area contributed by atoms with Crippen molar-refractivity contribution in [1.82, 2.24) is 14.3 Å². The van der Waals surface area contributed by atoms with Gasteiger partial charge in [-0.05, 0) is 53.8 Å². The number of likely N-dealkylation sites (N-methyl/N-ethyl adjacent to an activating group) is 1. The SMILES string of the molecule is Cc1cccc2cc(CN(Cc3ccncc3)S(=O)(=O)c3ccc4c(c3)OCCN4C)c(=O)[nH]c12. The van der Waals surface area contributed by atoms with Gasteiger partial charge in [0.1, 0.15) is 12.4 Å². The van der Waals surface area contributed by atoms with E-state index in [1.807, 2.05) is 37.1 Å². The number of hydrogen-bond acceptors (Lipinski definition) is 6. The van der Waals surface area contributed by atoms with Gasteiger partial charge < -0.3 is 14.6 Å². The second-order valence-electron chi connectivity index (χ2n) is 8.69. The standard InChI is InChI=1S/C26H26N4O4S/c1-18-4-3-5-20-14-21(26(31)28-25(18)20)17-30(16-19-8-10-27-11-9-19)35(32,33)22-6-7-23-24(15-22)34-13-12-29(23)2/h3-11,14-15H,12-13,16-17H2,1-2H3,(H,28,31). The summed E-state index contributed by atoms with van der Waals surface area (Å²) < 4.78 is 34.8. The Morgan fingerprint density at radius 2 is 1.89 bits per heavy atom. The Balaban J connectivity index is 1.57. The molecule has 0 atom stereocenters. The van der Waals surface area contributed by atoms with Gasteiger partial charge in [-0.3, -0.25) is 9.78 Å². The summed E-state index contributed by atoms with van der Waals surface area (Å²) in [4.78, 5) is 22.0. The van der Waals surface area contributed by atoms with E-state index in [1.54, 1.807) is 48.8 Å². The van der Waals surface area contributed by atoms with Crippen LogP contribution in [0, 0.1) is 6.92 Å². The molecule has 8 nitrogen and oxygen atoms in total. The minimum absolute atomic E-state index is 0.0816. The molecule has 1 aliphatic heterocycles. The van der Waals surface area contributed by atoms with Crippen LogP contribution < -0.4 is 15.2 Å². The third-order valence-electron chi connectivity index (χ3n) is 6.28. The summed E-state index contributed by atoms with van der Waals surface area (Å²) in [7, 11) is -2.02. The Labute approximate surface area is 203 Å². The molecule has 1 N–H and O–H groups in total. The molecule has 0 bridgehead atoms. The fourth-order valence-corrected chi connectivity index (χ4v) is 5.72. The molecule has 180 valence electrons. The molecule has 35 heavy (non-hydrogen) atoms. The highest BCUT2D eigenvalue weighted by Gasteiger charge is 2.28. The van der Waals surface area contributed by atoms with Gasteiger partial charge in [-0.15, -0.1) is 0 Å². The highest BCUT2D eigenvalue weighted by Crippen LogP contribution is 2.34. The molecule has 0 saturated carbocycles. The number of rotatable bonds is 6. The number of aromatic nitrogens is 2. The molecule has 0 aliphatic carbocycles.